The molecule has 0 aromatic heterocycles. The van der Waals surface area contributed by atoms with E-state index in [1.165, 1.54) is 25.3 Å². The predicted molar refractivity (Wildman–Crippen MR) is 45.2 cm³/mol. The third-order valence-corrected chi connectivity index (χ3v) is 2.27. The van der Waals surface area contributed by atoms with Gasteiger partial charge in [0.25, 0.3) is 0 Å². The number of benzene rings is 1. The molecule has 66 valence electrons. The lowest BCUT2D eigenvalue weighted by molar-refractivity contribution is 0.413. The van der Waals surface area contributed by atoms with Gasteiger partial charge in [-0.05, 0) is 29.3 Å². The number of rotatable bonds is 2. The second kappa shape index (κ2) is 3.89. The highest BCUT2D eigenvalue weighted by Gasteiger charge is 2.01. The third-order valence-electron chi connectivity index (χ3n) is 1.32. The van der Waals surface area contributed by atoms with Gasteiger partial charge in [-0.3, -0.25) is 4.21 Å². The van der Waals surface area contributed by atoms with E-state index in [2.05, 4.69) is 0 Å². The van der Waals surface area contributed by atoms with Crippen LogP contribution >= 0.6 is 11.6 Å². The average molecular weight is 206 g/mol. The lowest BCUT2D eigenvalue weighted by Gasteiger charge is -2.07. The summed E-state index contributed by atoms with van der Waals surface area (Å²) in [7, 11) is 1.43. The first-order chi connectivity index (χ1) is 5.65. The van der Waals surface area contributed by atoms with Crippen LogP contribution in [0.4, 0.5) is 0 Å². The zero-order valence-corrected chi connectivity index (χ0v) is 7.82. The van der Waals surface area contributed by atoms with Crippen molar-refractivity contribution in [2.24, 2.45) is 0 Å². The van der Waals surface area contributed by atoms with E-state index in [4.69, 9.17) is 16.3 Å². The van der Waals surface area contributed by atoms with Gasteiger partial charge in [-0.1, -0.05) is 11.6 Å². The number of hydrogen-bond acceptors (Lipinski definition) is 3. The molecule has 12 heavy (non-hydrogen) atoms. The number of halogens is 1. The molecule has 0 spiro atoms. The zero-order valence-electron chi connectivity index (χ0n) is 6.24. The Labute approximate surface area is 77.6 Å². The quantitative estimate of drug-likeness (QED) is 0.689. The Morgan fingerprint density at radius 3 is 2.75 bits per heavy atom. The van der Waals surface area contributed by atoms with Gasteiger partial charge >= 0.3 is 0 Å². The molecular weight excluding hydrogens is 200 g/mol. The number of methoxy groups -OCH3 is 1. The van der Waals surface area contributed by atoms with Crippen molar-refractivity contribution in [3.05, 3.63) is 23.2 Å². The van der Waals surface area contributed by atoms with Gasteiger partial charge in [-0.15, -0.1) is 0 Å². The molecule has 3 nitrogen and oxygen atoms in total. The highest BCUT2D eigenvalue weighted by atomic mass is 35.5. The molecule has 0 aliphatic heterocycles. The van der Waals surface area contributed by atoms with Crippen molar-refractivity contribution in [1.82, 2.24) is 0 Å². The fourth-order valence-electron chi connectivity index (χ4n) is 0.744. The number of hydrogen-bond donors (Lipinski definition) is 0. The minimum absolute atomic E-state index is 0.163. The van der Waals surface area contributed by atoms with Crippen LogP contribution < -0.4 is 4.74 Å². The van der Waals surface area contributed by atoms with Gasteiger partial charge in [0, 0.05) is 4.90 Å². The first-order valence-electron chi connectivity index (χ1n) is 3.08. The molecule has 0 saturated carbocycles. The Bertz CT molecular complexity index is 314. The summed E-state index contributed by atoms with van der Waals surface area (Å²) in [6, 6.07) is 4.25. The summed E-state index contributed by atoms with van der Waals surface area (Å²) in [6.45, 7) is 0. The van der Waals surface area contributed by atoms with E-state index in [0.717, 1.165) is 0 Å². The fraction of sp³-hybridized carbons (Fsp3) is 0.143. The molecule has 1 atom stereocenters. The van der Waals surface area contributed by atoms with Crippen molar-refractivity contribution in [3.8, 4) is 5.75 Å². The van der Waals surface area contributed by atoms with E-state index in [1.54, 1.807) is 0 Å². The molecule has 0 N–H and O–H groups in total. The van der Waals surface area contributed by atoms with Gasteiger partial charge in [-0.2, -0.15) is 0 Å². The second-order valence-electron chi connectivity index (χ2n) is 2.03. The molecule has 1 aromatic carbocycles. The van der Waals surface area contributed by atoms with Crippen LogP contribution in [0.25, 0.3) is 0 Å². The van der Waals surface area contributed by atoms with Crippen molar-refractivity contribution in [2.45, 2.75) is 4.90 Å². The second-order valence-corrected chi connectivity index (χ2v) is 3.38. The minimum Gasteiger partial charge on any atom is -0.768 e. The van der Waals surface area contributed by atoms with Crippen molar-refractivity contribution < 1.29 is 13.5 Å². The molecule has 0 radical (unpaired) electrons. The average Bonchev–Trinajstić information content (AvgIpc) is 2.05. The van der Waals surface area contributed by atoms with Gasteiger partial charge in [0.2, 0.25) is 0 Å². The van der Waals surface area contributed by atoms with Crippen LogP contribution in [0.2, 0.25) is 5.02 Å². The Balaban J connectivity index is 3.13. The van der Waals surface area contributed by atoms with Crippen LogP contribution in [0.15, 0.2) is 23.1 Å². The Hall–Kier alpha value is -0.580. The van der Waals surface area contributed by atoms with Crippen LogP contribution in [0.1, 0.15) is 0 Å². The molecule has 0 aliphatic rings. The Morgan fingerprint density at radius 2 is 2.25 bits per heavy atom. The highest BCUT2D eigenvalue weighted by molar-refractivity contribution is 7.79. The molecule has 1 rings (SSSR count). The third kappa shape index (κ3) is 1.97. The maximum absolute atomic E-state index is 10.5. The van der Waals surface area contributed by atoms with E-state index in [9.17, 15) is 8.76 Å². The van der Waals surface area contributed by atoms with Crippen LogP contribution in [-0.2, 0) is 11.1 Å². The van der Waals surface area contributed by atoms with E-state index in [-0.39, 0.29) is 4.90 Å². The van der Waals surface area contributed by atoms with Crippen molar-refractivity contribution in [3.63, 3.8) is 0 Å². The Morgan fingerprint density at radius 1 is 1.58 bits per heavy atom. The molecule has 0 saturated heterocycles. The van der Waals surface area contributed by atoms with Gasteiger partial charge in [0.15, 0.2) is 0 Å². The van der Waals surface area contributed by atoms with E-state index in [0.29, 0.717) is 10.8 Å². The smallest absolute Gasteiger partial charge is 0.138 e. The van der Waals surface area contributed by atoms with Crippen LogP contribution in [0, 0.1) is 0 Å². The van der Waals surface area contributed by atoms with Gasteiger partial charge < -0.3 is 9.29 Å². The first-order valence-corrected chi connectivity index (χ1v) is 4.53. The lowest BCUT2D eigenvalue weighted by Crippen LogP contribution is -1.90. The molecule has 5 heteroatoms. The number of ether oxygens (including phenoxy) is 1. The lowest BCUT2D eigenvalue weighted by atomic mass is 10.3. The van der Waals surface area contributed by atoms with Crippen LogP contribution in [0.3, 0.4) is 0 Å². The monoisotopic (exact) mass is 205 g/mol. The topological polar surface area (TPSA) is 49.4 Å². The summed E-state index contributed by atoms with van der Waals surface area (Å²) in [5.74, 6) is 0.360. The van der Waals surface area contributed by atoms with Crippen molar-refractivity contribution in [1.29, 1.82) is 0 Å². The van der Waals surface area contributed by atoms with Crippen molar-refractivity contribution >= 4 is 22.7 Å². The summed E-state index contributed by atoms with van der Waals surface area (Å²) in [4.78, 5) is 0.163. The maximum Gasteiger partial charge on any atom is 0.138 e. The van der Waals surface area contributed by atoms with Crippen LogP contribution in [-0.4, -0.2) is 15.9 Å². The van der Waals surface area contributed by atoms with E-state index >= 15 is 0 Å². The van der Waals surface area contributed by atoms with Gasteiger partial charge in [0.05, 0.1) is 12.1 Å². The normalized spacial score (nSPS) is 12.6. The summed E-state index contributed by atoms with van der Waals surface area (Å²) in [6.07, 6.45) is 0. The van der Waals surface area contributed by atoms with E-state index < -0.39 is 11.1 Å². The molecule has 1 aromatic rings. The first kappa shape index (κ1) is 9.51. The summed E-state index contributed by atoms with van der Waals surface area (Å²) >= 11 is 3.44. The molecule has 0 heterocycles. The molecule has 0 fully saturated rings. The van der Waals surface area contributed by atoms with E-state index in [1.807, 2.05) is 0 Å². The SMILES string of the molecule is COc1cc(S(=O)[O-])ccc1Cl. The zero-order chi connectivity index (χ0) is 9.14. The molecule has 0 amide bonds. The maximum atomic E-state index is 10.5. The van der Waals surface area contributed by atoms with Crippen LogP contribution in [0.5, 0.6) is 5.75 Å². The summed E-state index contributed by atoms with van der Waals surface area (Å²) in [5, 5.41) is 0.395. The largest absolute Gasteiger partial charge is 0.768 e. The summed E-state index contributed by atoms with van der Waals surface area (Å²) < 4.78 is 25.8. The predicted octanol–water partition coefficient (Wildman–Crippen LogP) is 1.59. The summed E-state index contributed by atoms with van der Waals surface area (Å²) in [5.41, 5.74) is 0. The standard InChI is InChI=1S/C7H7ClO3S/c1-11-7-4-5(12(9)10)2-3-6(7)8/h2-4H,1H3,(H,9,10)/p-1. The van der Waals surface area contributed by atoms with Gasteiger partial charge in [0.1, 0.15) is 5.75 Å². The molecule has 1 unspecified atom stereocenters. The van der Waals surface area contributed by atoms with Crippen molar-refractivity contribution in [2.75, 3.05) is 7.11 Å². The highest BCUT2D eigenvalue weighted by Crippen LogP contribution is 2.25. The molecular formula is C7H6ClO3S-. The molecule has 0 aliphatic carbocycles. The molecule has 0 bridgehead atoms. The Kier molecular flexibility index (Phi) is 3.08. The fourth-order valence-corrected chi connectivity index (χ4v) is 1.32. The van der Waals surface area contributed by atoms with Gasteiger partial charge in [-0.25, -0.2) is 0 Å². The minimum atomic E-state index is -2.24.